The van der Waals surface area contributed by atoms with E-state index in [-0.39, 0.29) is 0 Å². The Morgan fingerprint density at radius 3 is 2.80 bits per heavy atom. The van der Waals surface area contributed by atoms with Gasteiger partial charge in [0, 0.05) is 0 Å². The molecule has 3 aromatic rings. The van der Waals surface area contributed by atoms with E-state index in [1.54, 1.807) is 18.4 Å². The molecule has 1 aromatic carbocycles. The minimum Gasteiger partial charge on any atom is -0.495 e. The Bertz CT molecular complexity index is 746. The van der Waals surface area contributed by atoms with Crippen molar-refractivity contribution in [1.29, 1.82) is 0 Å². The molecule has 102 valence electrons. The van der Waals surface area contributed by atoms with Crippen LogP contribution in [0.5, 0.6) is 5.75 Å². The molecule has 0 saturated heterocycles. The van der Waals surface area contributed by atoms with E-state index in [0.29, 0.717) is 11.6 Å². The first-order valence-electron chi connectivity index (χ1n) is 6.15. The van der Waals surface area contributed by atoms with Gasteiger partial charge in [0.15, 0.2) is 11.6 Å². The standard InChI is InChI=1S/C15H14N2O2S/c1-9-5-3-4-6-10(9)12-13(19-17-15(12)16)14-11(18-2)7-8-20-14/h3-8H,1-2H3,(H2,16,17). The summed E-state index contributed by atoms with van der Waals surface area (Å²) < 4.78 is 10.8. The van der Waals surface area contributed by atoms with Crippen molar-refractivity contribution >= 4 is 17.2 Å². The van der Waals surface area contributed by atoms with Crippen LogP contribution in [0, 0.1) is 6.92 Å². The monoisotopic (exact) mass is 286 g/mol. The summed E-state index contributed by atoms with van der Waals surface area (Å²) in [5.41, 5.74) is 8.97. The molecule has 0 unspecified atom stereocenters. The van der Waals surface area contributed by atoms with Gasteiger partial charge in [-0.25, -0.2) is 0 Å². The molecule has 0 atom stereocenters. The third kappa shape index (κ3) is 1.96. The molecular formula is C15H14N2O2S. The highest BCUT2D eigenvalue weighted by atomic mass is 32.1. The Labute approximate surface area is 120 Å². The predicted octanol–water partition coefficient (Wildman–Crippen LogP) is 3.97. The van der Waals surface area contributed by atoms with Crippen LogP contribution in [0.15, 0.2) is 40.2 Å². The maximum absolute atomic E-state index is 6.00. The van der Waals surface area contributed by atoms with Crippen LogP contribution >= 0.6 is 11.3 Å². The number of thiophene rings is 1. The summed E-state index contributed by atoms with van der Waals surface area (Å²) in [7, 11) is 1.64. The number of methoxy groups -OCH3 is 1. The lowest BCUT2D eigenvalue weighted by molar-refractivity contribution is 0.409. The molecule has 0 bridgehead atoms. The van der Waals surface area contributed by atoms with E-state index in [4.69, 9.17) is 15.0 Å². The van der Waals surface area contributed by atoms with Crippen LogP contribution in [0.3, 0.4) is 0 Å². The Morgan fingerprint density at radius 1 is 1.25 bits per heavy atom. The topological polar surface area (TPSA) is 61.3 Å². The second-order valence-corrected chi connectivity index (χ2v) is 5.32. The number of nitrogen functional groups attached to an aromatic ring is 1. The first-order chi connectivity index (χ1) is 9.72. The third-order valence-corrected chi connectivity index (χ3v) is 4.08. The number of aromatic nitrogens is 1. The minimum absolute atomic E-state index is 0.393. The number of nitrogens with zero attached hydrogens (tertiary/aromatic N) is 1. The second kappa shape index (κ2) is 5.02. The molecule has 2 heterocycles. The van der Waals surface area contributed by atoms with Crippen molar-refractivity contribution in [3.63, 3.8) is 0 Å². The Hall–Kier alpha value is -2.27. The van der Waals surface area contributed by atoms with Crippen molar-refractivity contribution in [2.45, 2.75) is 6.92 Å². The van der Waals surface area contributed by atoms with Crippen molar-refractivity contribution in [2.75, 3.05) is 12.8 Å². The number of benzene rings is 1. The first kappa shape index (κ1) is 12.7. The fourth-order valence-electron chi connectivity index (χ4n) is 2.19. The molecule has 0 amide bonds. The number of hydrogen-bond acceptors (Lipinski definition) is 5. The largest absolute Gasteiger partial charge is 0.495 e. The van der Waals surface area contributed by atoms with Gasteiger partial charge in [0.2, 0.25) is 0 Å². The summed E-state index contributed by atoms with van der Waals surface area (Å²) in [5.74, 6) is 1.81. The van der Waals surface area contributed by atoms with Crippen molar-refractivity contribution in [1.82, 2.24) is 5.16 Å². The van der Waals surface area contributed by atoms with Crippen LogP contribution in [-0.4, -0.2) is 12.3 Å². The number of aryl methyl sites for hydroxylation is 1. The molecule has 3 rings (SSSR count). The van der Waals surface area contributed by atoms with E-state index >= 15 is 0 Å². The molecule has 0 spiro atoms. The normalized spacial score (nSPS) is 10.7. The van der Waals surface area contributed by atoms with Crippen LogP contribution < -0.4 is 10.5 Å². The lowest BCUT2D eigenvalue weighted by Crippen LogP contribution is -1.91. The van der Waals surface area contributed by atoms with Gasteiger partial charge in [-0.3, -0.25) is 0 Å². The first-order valence-corrected chi connectivity index (χ1v) is 7.03. The van der Waals surface area contributed by atoms with Gasteiger partial charge in [-0.05, 0) is 29.5 Å². The minimum atomic E-state index is 0.393. The van der Waals surface area contributed by atoms with Gasteiger partial charge >= 0.3 is 0 Å². The zero-order chi connectivity index (χ0) is 14.1. The maximum atomic E-state index is 6.00. The summed E-state index contributed by atoms with van der Waals surface area (Å²) in [6.07, 6.45) is 0. The number of ether oxygens (including phenoxy) is 1. The van der Waals surface area contributed by atoms with Gasteiger partial charge in [0.25, 0.3) is 0 Å². The molecule has 0 aliphatic carbocycles. The highest BCUT2D eigenvalue weighted by molar-refractivity contribution is 7.14. The van der Waals surface area contributed by atoms with Gasteiger partial charge < -0.3 is 15.0 Å². The zero-order valence-electron chi connectivity index (χ0n) is 11.2. The fraction of sp³-hybridized carbons (Fsp3) is 0.133. The number of anilines is 1. The van der Waals surface area contributed by atoms with Gasteiger partial charge in [-0.15, -0.1) is 11.3 Å². The lowest BCUT2D eigenvalue weighted by atomic mass is 10.00. The van der Waals surface area contributed by atoms with E-state index in [1.807, 2.05) is 42.6 Å². The van der Waals surface area contributed by atoms with Gasteiger partial charge in [0.05, 0.1) is 12.7 Å². The number of rotatable bonds is 3. The van der Waals surface area contributed by atoms with Crippen LogP contribution in [0.25, 0.3) is 21.8 Å². The van der Waals surface area contributed by atoms with E-state index in [2.05, 4.69) is 5.16 Å². The summed E-state index contributed by atoms with van der Waals surface area (Å²) >= 11 is 1.54. The molecule has 2 N–H and O–H groups in total. The SMILES string of the molecule is COc1ccsc1-c1onc(N)c1-c1ccccc1C. The third-order valence-electron chi connectivity index (χ3n) is 3.19. The molecule has 0 aliphatic rings. The number of nitrogens with two attached hydrogens (primary N) is 1. The van der Waals surface area contributed by atoms with Crippen LogP contribution in [-0.2, 0) is 0 Å². The van der Waals surface area contributed by atoms with Crippen molar-refractivity contribution in [2.24, 2.45) is 0 Å². The van der Waals surface area contributed by atoms with Crippen LogP contribution in [0.4, 0.5) is 5.82 Å². The molecule has 0 radical (unpaired) electrons. The molecule has 0 fully saturated rings. The molecule has 0 aliphatic heterocycles. The smallest absolute Gasteiger partial charge is 0.190 e. The van der Waals surface area contributed by atoms with Gasteiger partial charge in [-0.2, -0.15) is 0 Å². The lowest BCUT2D eigenvalue weighted by Gasteiger charge is -2.06. The fourth-order valence-corrected chi connectivity index (χ4v) is 3.04. The predicted molar refractivity (Wildman–Crippen MR) is 81.0 cm³/mol. The van der Waals surface area contributed by atoms with Crippen molar-refractivity contribution < 1.29 is 9.26 Å². The van der Waals surface area contributed by atoms with E-state index in [9.17, 15) is 0 Å². The Kier molecular flexibility index (Phi) is 3.20. The summed E-state index contributed by atoms with van der Waals surface area (Å²) in [4.78, 5) is 0.898. The van der Waals surface area contributed by atoms with Gasteiger partial charge in [0.1, 0.15) is 10.6 Å². The Morgan fingerprint density at radius 2 is 2.05 bits per heavy atom. The van der Waals surface area contributed by atoms with E-state index in [0.717, 1.165) is 27.3 Å². The van der Waals surface area contributed by atoms with Crippen molar-refractivity contribution in [3.05, 3.63) is 41.3 Å². The summed E-state index contributed by atoms with van der Waals surface area (Å²) in [6.45, 7) is 2.04. The van der Waals surface area contributed by atoms with Crippen molar-refractivity contribution in [3.8, 4) is 27.5 Å². The quantitative estimate of drug-likeness (QED) is 0.791. The van der Waals surface area contributed by atoms with E-state index < -0.39 is 0 Å². The van der Waals surface area contributed by atoms with Crippen LogP contribution in [0.1, 0.15) is 5.56 Å². The second-order valence-electron chi connectivity index (χ2n) is 4.40. The molecule has 5 heteroatoms. The highest BCUT2D eigenvalue weighted by Gasteiger charge is 2.22. The zero-order valence-corrected chi connectivity index (χ0v) is 12.0. The average molecular weight is 286 g/mol. The average Bonchev–Trinajstić information content (AvgIpc) is 3.05. The summed E-state index contributed by atoms with van der Waals surface area (Å²) in [6, 6.07) is 9.93. The highest BCUT2D eigenvalue weighted by Crippen LogP contribution is 2.44. The summed E-state index contributed by atoms with van der Waals surface area (Å²) in [5, 5.41) is 5.87. The molecular weight excluding hydrogens is 272 g/mol. The maximum Gasteiger partial charge on any atom is 0.190 e. The molecule has 0 saturated carbocycles. The van der Waals surface area contributed by atoms with E-state index in [1.165, 1.54) is 0 Å². The Balaban J connectivity index is 2.23. The molecule has 2 aromatic heterocycles. The molecule has 4 nitrogen and oxygen atoms in total. The van der Waals surface area contributed by atoms with Crippen LogP contribution in [0.2, 0.25) is 0 Å². The van der Waals surface area contributed by atoms with Gasteiger partial charge in [-0.1, -0.05) is 29.4 Å². The molecule has 20 heavy (non-hydrogen) atoms. The number of hydrogen-bond donors (Lipinski definition) is 1.